The molecule has 1 amide bonds. The van der Waals surface area contributed by atoms with Crippen LogP contribution in [-0.4, -0.2) is 74.2 Å². The number of ether oxygens (including phenoxy) is 2. The zero-order valence-electron chi connectivity index (χ0n) is 13.5. The highest BCUT2D eigenvalue weighted by Gasteiger charge is 2.21. The molecule has 1 fully saturated rings. The molecule has 124 valence electrons. The third-order valence-corrected chi connectivity index (χ3v) is 3.89. The van der Waals surface area contributed by atoms with Gasteiger partial charge >= 0.3 is 0 Å². The first-order valence-corrected chi connectivity index (χ1v) is 7.79. The number of piperidine rings is 1. The summed E-state index contributed by atoms with van der Waals surface area (Å²) in [5.41, 5.74) is 0.484. The van der Waals surface area contributed by atoms with Crippen molar-refractivity contribution in [2.45, 2.75) is 18.9 Å². The van der Waals surface area contributed by atoms with Crippen molar-refractivity contribution < 1.29 is 14.3 Å². The standard InChI is InChI=1S/C15H26N4O3/c1-21-10-8-18(9-11-22-2)15(20)14-5-7-19(17-14)13-4-3-6-16-12-13/h5,7,13,16H,3-4,6,8-12H2,1-2H3. The van der Waals surface area contributed by atoms with Crippen LogP contribution in [0.5, 0.6) is 0 Å². The molecule has 22 heavy (non-hydrogen) atoms. The number of nitrogens with one attached hydrogen (secondary N) is 1. The van der Waals surface area contributed by atoms with Crippen LogP contribution >= 0.6 is 0 Å². The van der Waals surface area contributed by atoms with E-state index in [1.54, 1.807) is 25.2 Å². The topological polar surface area (TPSA) is 68.6 Å². The third-order valence-electron chi connectivity index (χ3n) is 3.89. The van der Waals surface area contributed by atoms with Crippen molar-refractivity contribution in [3.05, 3.63) is 18.0 Å². The summed E-state index contributed by atoms with van der Waals surface area (Å²) < 4.78 is 12.0. The number of hydrogen-bond donors (Lipinski definition) is 1. The molecule has 1 aromatic rings. The average molecular weight is 310 g/mol. The molecule has 1 saturated heterocycles. The molecule has 2 heterocycles. The van der Waals surface area contributed by atoms with Gasteiger partial charge in [0.2, 0.25) is 0 Å². The van der Waals surface area contributed by atoms with E-state index in [9.17, 15) is 4.79 Å². The van der Waals surface area contributed by atoms with E-state index in [1.165, 1.54) is 0 Å². The van der Waals surface area contributed by atoms with Gasteiger partial charge in [0.25, 0.3) is 5.91 Å². The van der Waals surface area contributed by atoms with Crippen molar-refractivity contribution in [1.82, 2.24) is 20.0 Å². The minimum Gasteiger partial charge on any atom is -0.383 e. The largest absolute Gasteiger partial charge is 0.383 e. The van der Waals surface area contributed by atoms with E-state index in [1.807, 2.05) is 10.9 Å². The van der Waals surface area contributed by atoms with Crippen LogP contribution in [0.3, 0.4) is 0 Å². The number of nitrogens with zero attached hydrogens (tertiary/aromatic N) is 3. The number of amides is 1. The number of hydrogen-bond acceptors (Lipinski definition) is 5. The summed E-state index contributed by atoms with van der Waals surface area (Å²) in [4.78, 5) is 14.3. The SMILES string of the molecule is COCCN(CCOC)C(=O)c1ccn(C2CCCNC2)n1. The second-order valence-electron chi connectivity index (χ2n) is 5.46. The Morgan fingerprint density at radius 3 is 2.73 bits per heavy atom. The fraction of sp³-hybridized carbons (Fsp3) is 0.733. The Hall–Kier alpha value is -1.44. The number of carbonyl (C=O) groups is 1. The Labute approximate surface area is 131 Å². The minimum absolute atomic E-state index is 0.0726. The second-order valence-corrected chi connectivity index (χ2v) is 5.46. The Morgan fingerprint density at radius 2 is 2.14 bits per heavy atom. The van der Waals surface area contributed by atoms with E-state index in [4.69, 9.17) is 9.47 Å². The summed E-state index contributed by atoms with van der Waals surface area (Å²) in [6, 6.07) is 2.13. The quantitative estimate of drug-likeness (QED) is 0.759. The molecule has 1 unspecified atom stereocenters. The lowest BCUT2D eigenvalue weighted by Crippen LogP contribution is -2.37. The lowest BCUT2D eigenvalue weighted by molar-refractivity contribution is 0.0620. The first kappa shape index (κ1) is 16.9. The molecule has 1 aliphatic heterocycles. The Kier molecular flexibility index (Phi) is 6.82. The van der Waals surface area contributed by atoms with Crippen molar-refractivity contribution in [3.8, 4) is 0 Å². The molecule has 0 bridgehead atoms. The predicted octanol–water partition coefficient (Wildman–Crippen LogP) is 0.543. The lowest BCUT2D eigenvalue weighted by atomic mass is 10.1. The minimum atomic E-state index is -0.0726. The van der Waals surface area contributed by atoms with Gasteiger partial charge in [-0.1, -0.05) is 0 Å². The van der Waals surface area contributed by atoms with Crippen molar-refractivity contribution >= 4 is 5.91 Å². The summed E-state index contributed by atoms with van der Waals surface area (Å²) in [7, 11) is 3.26. The van der Waals surface area contributed by atoms with Gasteiger partial charge in [-0.05, 0) is 25.5 Å². The maximum Gasteiger partial charge on any atom is 0.274 e. The fourth-order valence-corrected chi connectivity index (χ4v) is 2.59. The van der Waals surface area contributed by atoms with E-state index in [0.29, 0.717) is 38.0 Å². The van der Waals surface area contributed by atoms with E-state index in [-0.39, 0.29) is 5.91 Å². The Balaban J connectivity index is 2.00. The Bertz CT molecular complexity index is 449. The van der Waals surface area contributed by atoms with Crippen LogP contribution in [0.2, 0.25) is 0 Å². The van der Waals surface area contributed by atoms with E-state index >= 15 is 0 Å². The van der Waals surface area contributed by atoms with Gasteiger partial charge in [-0.25, -0.2) is 0 Å². The van der Waals surface area contributed by atoms with Crippen LogP contribution in [0, 0.1) is 0 Å². The van der Waals surface area contributed by atoms with Gasteiger partial charge in [-0.15, -0.1) is 0 Å². The zero-order chi connectivity index (χ0) is 15.8. The fourth-order valence-electron chi connectivity index (χ4n) is 2.59. The normalized spacial score (nSPS) is 18.4. The molecule has 0 aromatic carbocycles. The maximum atomic E-state index is 12.6. The average Bonchev–Trinajstić information content (AvgIpc) is 3.05. The molecule has 7 heteroatoms. The van der Waals surface area contributed by atoms with Crippen LogP contribution < -0.4 is 5.32 Å². The Morgan fingerprint density at radius 1 is 1.41 bits per heavy atom. The van der Waals surface area contributed by atoms with Gasteiger partial charge in [0, 0.05) is 40.1 Å². The van der Waals surface area contributed by atoms with Gasteiger partial charge in [-0.3, -0.25) is 9.48 Å². The van der Waals surface area contributed by atoms with Crippen LogP contribution in [0.25, 0.3) is 0 Å². The van der Waals surface area contributed by atoms with E-state index in [2.05, 4.69) is 10.4 Å². The summed E-state index contributed by atoms with van der Waals surface area (Å²) in [6.45, 7) is 4.05. The van der Waals surface area contributed by atoms with Crippen LogP contribution in [0.15, 0.2) is 12.3 Å². The summed E-state index contributed by atoms with van der Waals surface area (Å²) in [5, 5.41) is 7.84. The van der Waals surface area contributed by atoms with Gasteiger partial charge in [0.15, 0.2) is 0 Å². The predicted molar refractivity (Wildman–Crippen MR) is 83.0 cm³/mol. The molecule has 0 saturated carbocycles. The van der Waals surface area contributed by atoms with Gasteiger partial charge in [0.05, 0.1) is 19.3 Å². The van der Waals surface area contributed by atoms with Gasteiger partial charge in [-0.2, -0.15) is 5.10 Å². The van der Waals surface area contributed by atoms with Crippen LogP contribution in [-0.2, 0) is 9.47 Å². The molecule has 0 spiro atoms. The van der Waals surface area contributed by atoms with E-state index < -0.39 is 0 Å². The summed E-state index contributed by atoms with van der Waals surface area (Å²) in [5.74, 6) is -0.0726. The molecule has 0 aliphatic carbocycles. The molecule has 1 aliphatic rings. The van der Waals surface area contributed by atoms with Crippen molar-refractivity contribution in [2.75, 3.05) is 53.6 Å². The maximum absolute atomic E-state index is 12.6. The molecule has 2 rings (SSSR count). The van der Waals surface area contributed by atoms with Crippen LogP contribution in [0.4, 0.5) is 0 Å². The molecule has 0 radical (unpaired) electrons. The summed E-state index contributed by atoms with van der Waals surface area (Å²) in [6.07, 6.45) is 4.14. The molecule has 7 nitrogen and oxygen atoms in total. The lowest BCUT2D eigenvalue weighted by Gasteiger charge is -2.23. The van der Waals surface area contributed by atoms with E-state index in [0.717, 1.165) is 25.9 Å². The molecule has 1 atom stereocenters. The van der Waals surface area contributed by atoms with Gasteiger partial charge < -0.3 is 19.7 Å². The molecular weight excluding hydrogens is 284 g/mol. The number of carbonyl (C=O) groups excluding carboxylic acids is 1. The zero-order valence-corrected chi connectivity index (χ0v) is 13.5. The third kappa shape index (κ3) is 4.53. The smallest absolute Gasteiger partial charge is 0.274 e. The molecule has 1 aromatic heterocycles. The van der Waals surface area contributed by atoms with Crippen molar-refractivity contribution in [2.24, 2.45) is 0 Å². The first-order chi connectivity index (χ1) is 10.8. The van der Waals surface area contributed by atoms with Crippen molar-refractivity contribution in [3.63, 3.8) is 0 Å². The van der Waals surface area contributed by atoms with Crippen molar-refractivity contribution in [1.29, 1.82) is 0 Å². The van der Waals surface area contributed by atoms with Gasteiger partial charge in [0.1, 0.15) is 5.69 Å². The first-order valence-electron chi connectivity index (χ1n) is 7.79. The second kappa shape index (κ2) is 8.87. The summed E-state index contributed by atoms with van der Waals surface area (Å²) >= 11 is 0. The highest BCUT2D eigenvalue weighted by molar-refractivity contribution is 5.92. The highest BCUT2D eigenvalue weighted by atomic mass is 16.5. The monoisotopic (exact) mass is 310 g/mol. The molecule has 1 N–H and O–H groups in total. The highest BCUT2D eigenvalue weighted by Crippen LogP contribution is 2.16. The number of rotatable bonds is 8. The number of methoxy groups -OCH3 is 2. The molecular formula is C15H26N4O3. The number of aromatic nitrogens is 2. The van der Waals surface area contributed by atoms with Crippen LogP contribution in [0.1, 0.15) is 29.4 Å².